The number of nitrogens with two attached hydrogens (primary N) is 1. The van der Waals surface area contributed by atoms with Crippen LogP contribution in [0, 0.1) is 13.8 Å². The summed E-state index contributed by atoms with van der Waals surface area (Å²) in [5, 5.41) is 2.89. The first-order chi connectivity index (χ1) is 11.4. The molecule has 1 amide bonds. The first-order valence-electron chi connectivity index (χ1n) is 7.60. The number of rotatable bonds is 4. The molecule has 0 aromatic carbocycles. The Morgan fingerprint density at radius 2 is 2.04 bits per heavy atom. The number of aryl methyl sites for hydroxylation is 2. The van der Waals surface area contributed by atoms with E-state index in [-0.39, 0.29) is 23.6 Å². The number of aromatic nitrogens is 3. The van der Waals surface area contributed by atoms with E-state index in [4.69, 9.17) is 10.2 Å². The predicted octanol–water partition coefficient (Wildman–Crippen LogP) is 2.75. The van der Waals surface area contributed by atoms with Crippen LogP contribution in [0.3, 0.4) is 0 Å². The Balaban J connectivity index is 1.83. The van der Waals surface area contributed by atoms with E-state index in [2.05, 4.69) is 20.3 Å². The molecule has 1 unspecified atom stereocenters. The van der Waals surface area contributed by atoms with E-state index >= 15 is 0 Å². The number of hydrogen-bond donors (Lipinski definition) is 3. The Morgan fingerprint density at radius 1 is 1.25 bits per heavy atom. The molecular formula is C17H19N5O2. The number of H-pyrrole nitrogens is 1. The van der Waals surface area contributed by atoms with Gasteiger partial charge in [-0.05, 0) is 51.1 Å². The summed E-state index contributed by atoms with van der Waals surface area (Å²) in [6, 6.07) is 8.88. The number of nitrogens with zero attached hydrogens (tertiary/aromatic N) is 2. The zero-order valence-corrected chi connectivity index (χ0v) is 13.8. The van der Waals surface area contributed by atoms with Crippen molar-refractivity contribution in [1.29, 1.82) is 0 Å². The Kier molecular flexibility index (Phi) is 4.07. The van der Waals surface area contributed by atoms with Crippen molar-refractivity contribution in [2.24, 2.45) is 0 Å². The molecule has 1 atom stereocenters. The second-order valence-corrected chi connectivity index (χ2v) is 5.70. The lowest BCUT2D eigenvalue weighted by Crippen LogP contribution is -2.28. The second kappa shape index (κ2) is 6.19. The van der Waals surface area contributed by atoms with Crippen LogP contribution < -0.4 is 11.1 Å². The molecule has 3 rings (SSSR count). The molecule has 0 aliphatic rings. The lowest BCUT2D eigenvalue weighted by atomic mass is 10.2. The van der Waals surface area contributed by atoms with E-state index in [0.717, 1.165) is 17.1 Å². The molecule has 0 saturated carbocycles. The standard InChI is InChI=1S/C17H19N5O2/c1-9-4-6-12(19-9)11(3)20-16(23)14-8-13(21-17(18)22-14)15-7-5-10(2)24-15/h4-8,11,19H,1-3H3,(H,20,23)(H2,18,21,22). The van der Waals surface area contributed by atoms with E-state index in [9.17, 15) is 4.79 Å². The van der Waals surface area contributed by atoms with E-state index < -0.39 is 0 Å². The summed E-state index contributed by atoms with van der Waals surface area (Å²) in [6.45, 7) is 5.69. The Morgan fingerprint density at radius 3 is 2.67 bits per heavy atom. The molecular weight excluding hydrogens is 306 g/mol. The molecule has 7 heteroatoms. The van der Waals surface area contributed by atoms with Crippen LogP contribution in [0.15, 0.2) is 34.7 Å². The Hall–Kier alpha value is -3.09. The summed E-state index contributed by atoms with van der Waals surface area (Å²) >= 11 is 0. The maximum atomic E-state index is 12.5. The summed E-state index contributed by atoms with van der Waals surface area (Å²) < 4.78 is 5.53. The van der Waals surface area contributed by atoms with Gasteiger partial charge in [0.25, 0.3) is 5.91 Å². The lowest BCUT2D eigenvalue weighted by molar-refractivity contribution is 0.0934. The van der Waals surface area contributed by atoms with E-state index in [0.29, 0.717) is 11.5 Å². The summed E-state index contributed by atoms with van der Waals surface area (Å²) in [6.07, 6.45) is 0. The fourth-order valence-corrected chi connectivity index (χ4v) is 2.41. The van der Waals surface area contributed by atoms with Crippen LogP contribution in [0.25, 0.3) is 11.5 Å². The van der Waals surface area contributed by atoms with Crippen molar-refractivity contribution < 1.29 is 9.21 Å². The normalized spacial score (nSPS) is 12.1. The fourth-order valence-electron chi connectivity index (χ4n) is 2.41. The van der Waals surface area contributed by atoms with Crippen molar-refractivity contribution in [3.63, 3.8) is 0 Å². The van der Waals surface area contributed by atoms with Gasteiger partial charge in [0.05, 0.1) is 6.04 Å². The molecule has 0 spiro atoms. The van der Waals surface area contributed by atoms with Gasteiger partial charge in [-0.1, -0.05) is 0 Å². The number of furan rings is 1. The van der Waals surface area contributed by atoms with Crippen molar-refractivity contribution in [2.45, 2.75) is 26.8 Å². The molecule has 0 aliphatic carbocycles. The number of nitrogens with one attached hydrogen (secondary N) is 2. The third-order valence-corrected chi connectivity index (χ3v) is 3.64. The molecule has 0 fully saturated rings. The van der Waals surface area contributed by atoms with Gasteiger partial charge >= 0.3 is 0 Å². The summed E-state index contributed by atoms with van der Waals surface area (Å²) in [5.74, 6) is 0.996. The van der Waals surface area contributed by atoms with Gasteiger partial charge in [-0.25, -0.2) is 9.97 Å². The first-order valence-corrected chi connectivity index (χ1v) is 7.60. The molecule has 0 radical (unpaired) electrons. The molecule has 0 bridgehead atoms. The van der Waals surface area contributed by atoms with E-state index in [1.807, 2.05) is 39.0 Å². The monoisotopic (exact) mass is 325 g/mol. The molecule has 0 saturated heterocycles. The lowest BCUT2D eigenvalue weighted by Gasteiger charge is -2.12. The summed E-state index contributed by atoms with van der Waals surface area (Å²) in [4.78, 5) is 23.8. The van der Waals surface area contributed by atoms with Crippen molar-refractivity contribution in [2.75, 3.05) is 5.73 Å². The number of hydrogen-bond acceptors (Lipinski definition) is 5. The zero-order chi connectivity index (χ0) is 17.3. The average Bonchev–Trinajstić information content (AvgIpc) is 3.15. The average molecular weight is 325 g/mol. The van der Waals surface area contributed by atoms with Gasteiger partial charge < -0.3 is 20.5 Å². The molecule has 24 heavy (non-hydrogen) atoms. The third-order valence-electron chi connectivity index (χ3n) is 3.64. The van der Waals surface area contributed by atoms with Crippen LogP contribution in [0.5, 0.6) is 0 Å². The minimum absolute atomic E-state index is 0.0232. The summed E-state index contributed by atoms with van der Waals surface area (Å²) in [7, 11) is 0. The highest BCUT2D eigenvalue weighted by Crippen LogP contribution is 2.21. The van der Waals surface area contributed by atoms with Crippen molar-refractivity contribution in [1.82, 2.24) is 20.3 Å². The van der Waals surface area contributed by atoms with Crippen LogP contribution in [-0.4, -0.2) is 20.9 Å². The Bertz CT molecular complexity index is 881. The molecule has 0 aliphatic heterocycles. The molecule has 4 N–H and O–H groups in total. The Labute approximate surface area is 139 Å². The predicted molar refractivity (Wildman–Crippen MR) is 90.3 cm³/mol. The fraction of sp³-hybridized carbons (Fsp3) is 0.235. The molecule has 7 nitrogen and oxygen atoms in total. The van der Waals surface area contributed by atoms with E-state index in [1.165, 1.54) is 0 Å². The second-order valence-electron chi connectivity index (χ2n) is 5.70. The van der Waals surface area contributed by atoms with Gasteiger partial charge in [0.2, 0.25) is 5.95 Å². The minimum Gasteiger partial charge on any atom is -0.460 e. The minimum atomic E-state index is -0.326. The number of aromatic amines is 1. The number of nitrogen functional groups attached to an aromatic ring is 1. The van der Waals surface area contributed by atoms with Gasteiger partial charge in [-0.3, -0.25) is 4.79 Å². The van der Waals surface area contributed by atoms with Gasteiger partial charge in [0.1, 0.15) is 17.1 Å². The molecule has 3 heterocycles. The highest BCUT2D eigenvalue weighted by atomic mass is 16.3. The van der Waals surface area contributed by atoms with E-state index in [1.54, 1.807) is 12.1 Å². The first kappa shape index (κ1) is 15.8. The van der Waals surface area contributed by atoms with Crippen molar-refractivity contribution >= 4 is 11.9 Å². The molecule has 124 valence electrons. The number of carbonyl (C=O) groups is 1. The van der Waals surface area contributed by atoms with Crippen LogP contribution in [0.2, 0.25) is 0 Å². The topological polar surface area (TPSA) is 110 Å². The van der Waals surface area contributed by atoms with Crippen molar-refractivity contribution in [3.8, 4) is 11.5 Å². The maximum Gasteiger partial charge on any atom is 0.270 e. The quantitative estimate of drug-likeness (QED) is 0.683. The van der Waals surface area contributed by atoms with Crippen LogP contribution in [0.4, 0.5) is 5.95 Å². The highest BCUT2D eigenvalue weighted by Gasteiger charge is 2.17. The third kappa shape index (κ3) is 3.29. The molecule has 3 aromatic rings. The smallest absolute Gasteiger partial charge is 0.270 e. The highest BCUT2D eigenvalue weighted by molar-refractivity contribution is 5.93. The van der Waals surface area contributed by atoms with Crippen LogP contribution >= 0.6 is 0 Å². The van der Waals surface area contributed by atoms with Gasteiger partial charge in [0, 0.05) is 11.4 Å². The maximum absolute atomic E-state index is 12.5. The van der Waals surface area contributed by atoms with Gasteiger partial charge in [-0.2, -0.15) is 0 Å². The largest absolute Gasteiger partial charge is 0.460 e. The van der Waals surface area contributed by atoms with Gasteiger partial charge in [-0.15, -0.1) is 0 Å². The number of amides is 1. The van der Waals surface area contributed by atoms with Crippen molar-refractivity contribution in [3.05, 3.63) is 53.2 Å². The SMILES string of the molecule is Cc1ccc(C(C)NC(=O)c2cc(-c3ccc(C)o3)nc(N)n2)[nH]1. The summed E-state index contributed by atoms with van der Waals surface area (Å²) in [5.41, 5.74) is 8.36. The molecule has 3 aromatic heterocycles. The zero-order valence-electron chi connectivity index (χ0n) is 13.8. The number of carbonyl (C=O) groups excluding carboxylic acids is 1. The van der Waals surface area contributed by atoms with Crippen LogP contribution in [-0.2, 0) is 0 Å². The van der Waals surface area contributed by atoms with Gasteiger partial charge in [0.15, 0.2) is 5.76 Å². The number of anilines is 1. The van der Waals surface area contributed by atoms with Crippen LogP contribution in [0.1, 0.15) is 40.6 Å².